The van der Waals surface area contributed by atoms with Crippen LogP contribution in [-0.4, -0.2) is 52.0 Å². The van der Waals surface area contributed by atoms with Crippen molar-refractivity contribution in [2.45, 2.75) is 13.8 Å². The van der Waals surface area contributed by atoms with E-state index in [0.717, 1.165) is 0 Å². The van der Waals surface area contributed by atoms with Crippen LogP contribution < -0.4 is 0 Å². The fourth-order valence-corrected chi connectivity index (χ4v) is 0.788. The van der Waals surface area contributed by atoms with Crippen molar-refractivity contribution < 1.29 is 48.4 Å². The molecule has 0 saturated heterocycles. The molecular weight excluding hydrogens is 280 g/mol. The molecule has 0 N–H and O–H groups in total. The summed E-state index contributed by atoms with van der Waals surface area (Å²) in [7, 11) is 0. The van der Waals surface area contributed by atoms with E-state index in [2.05, 4.69) is 29.3 Å². The third kappa shape index (κ3) is 12.8. The molecule has 0 aromatic rings. The van der Waals surface area contributed by atoms with E-state index in [9.17, 15) is 9.59 Å². The molecule has 0 aromatic heterocycles. The van der Waals surface area contributed by atoms with E-state index < -0.39 is 12.3 Å². The van der Waals surface area contributed by atoms with Gasteiger partial charge in [0, 0.05) is 23.3 Å². The second-order valence-electron chi connectivity index (χ2n) is 2.89. The number of carbonyl (C=O) groups excluding carboxylic acids is 2. The predicted octanol–water partition coefficient (Wildman–Crippen LogP) is 1.14. The Hall–Kier alpha value is -1.62. The summed E-state index contributed by atoms with van der Waals surface area (Å²) in [6, 6.07) is 0. The van der Waals surface area contributed by atoms with E-state index in [4.69, 9.17) is 9.47 Å². The van der Waals surface area contributed by atoms with Crippen LogP contribution in [0.25, 0.3) is 0 Å². The summed E-state index contributed by atoms with van der Waals surface area (Å²) in [5.41, 5.74) is 0. The molecule has 118 valence electrons. The Bertz CT molecular complexity index is 230. The standard InChI is InChI=1S/C10H18O10/c1-3-13-5-7-15-9(11)17-19-20-18-10(12)16-8-6-14-4-2/h3-8H2,1-2H3. The maximum Gasteiger partial charge on any atom is 0.542 e. The Kier molecular flexibility index (Phi) is 12.7. The molecule has 0 heterocycles. The second kappa shape index (κ2) is 13.8. The van der Waals surface area contributed by atoms with Crippen molar-refractivity contribution in [3.05, 3.63) is 0 Å². The molecule has 10 nitrogen and oxygen atoms in total. The zero-order valence-corrected chi connectivity index (χ0v) is 11.3. The third-order valence-corrected chi connectivity index (χ3v) is 1.54. The Morgan fingerprint density at radius 2 is 1.10 bits per heavy atom. The van der Waals surface area contributed by atoms with E-state index in [1.54, 1.807) is 13.8 Å². The lowest BCUT2D eigenvalue weighted by atomic mass is 10.7. The highest BCUT2D eigenvalue weighted by Gasteiger charge is 2.09. The molecule has 10 heteroatoms. The number of rotatable bonds is 11. The average Bonchev–Trinajstić information content (AvgIpc) is 2.44. The SMILES string of the molecule is CCOCCOC(=O)OOOOC(=O)OCCOCC. The quantitative estimate of drug-likeness (QED) is 0.238. The van der Waals surface area contributed by atoms with Crippen molar-refractivity contribution in [3.8, 4) is 0 Å². The zero-order valence-electron chi connectivity index (χ0n) is 11.3. The summed E-state index contributed by atoms with van der Waals surface area (Å²) in [4.78, 5) is 29.4. The van der Waals surface area contributed by atoms with Gasteiger partial charge in [-0.25, -0.2) is 19.4 Å². The Morgan fingerprint density at radius 1 is 0.700 bits per heavy atom. The third-order valence-electron chi connectivity index (χ3n) is 1.54. The van der Waals surface area contributed by atoms with Gasteiger partial charge < -0.3 is 18.9 Å². The van der Waals surface area contributed by atoms with Crippen LogP contribution in [0.2, 0.25) is 0 Å². The number of carbonyl (C=O) groups is 2. The highest BCUT2D eigenvalue weighted by molar-refractivity contribution is 5.59. The van der Waals surface area contributed by atoms with Crippen LogP contribution in [-0.2, 0) is 38.8 Å². The number of hydrogen-bond donors (Lipinski definition) is 0. The second-order valence-corrected chi connectivity index (χ2v) is 2.89. The number of ether oxygens (including phenoxy) is 4. The molecular formula is C10H18O10. The zero-order chi connectivity index (χ0) is 15.1. The van der Waals surface area contributed by atoms with Crippen molar-refractivity contribution in [2.24, 2.45) is 0 Å². The molecule has 0 aliphatic carbocycles. The molecule has 0 aliphatic rings. The molecule has 0 bridgehead atoms. The van der Waals surface area contributed by atoms with Crippen molar-refractivity contribution >= 4 is 12.3 Å². The average molecular weight is 298 g/mol. The van der Waals surface area contributed by atoms with E-state index in [1.807, 2.05) is 0 Å². The highest BCUT2D eigenvalue weighted by atomic mass is 17.7. The maximum atomic E-state index is 10.8. The summed E-state index contributed by atoms with van der Waals surface area (Å²) in [5, 5.41) is 7.56. The minimum absolute atomic E-state index is 0.0175. The van der Waals surface area contributed by atoms with Gasteiger partial charge in [0.2, 0.25) is 0 Å². The molecule has 0 amide bonds. The van der Waals surface area contributed by atoms with Crippen LogP contribution in [0.15, 0.2) is 0 Å². The topological polar surface area (TPSA) is 108 Å². The molecule has 0 saturated carbocycles. The first-order valence-electron chi connectivity index (χ1n) is 5.87. The molecule has 0 radical (unpaired) electrons. The molecule has 20 heavy (non-hydrogen) atoms. The van der Waals surface area contributed by atoms with E-state index in [0.29, 0.717) is 13.2 Å². The van der Waals surface area contributed by atoms with Gasteiger partial charge in [-0.15, -0.1) is 0 Å². The summed E-state index contributed by atoms with van der Waals surface area (Å²) in [6.07, 6.45) is -2.36. The fourth-order valence-electron chi connectivity index (χ4n) is 0.788. The van der Waals surface area contributed by atoms with E-state index in [-0.39, 0.29) is 26.4 Å². The van der Waals surface area contributed by atoms with Crippen LogP contribution in [0.4, 0.5) is 9.59 Å². The van der Waals surface area contributed by atoms with E-state index >= 15 is 0 Å². The summed E-state index contributed by atoms with van der Waals surface area (Å²) < 4.78 is 18.7. The number of hydrogen-bond acceptors (Lipinski definition) is 10. The fraction of sp³-hybridized carbons (Fsp3) is 0.800. The monoisotopic (exact) mass is 298 g/mol. The lowest BCUT2D eigenvalue weighted by Crippen LogP contribution is -2.15. The lowest BCUT2D eigenvalue weighted by molar-refractivity contribution is -0.601. The van der Waals surface area contributed by atoms with Gasteiger partial charge >= 0.3 is 12.3 Å². The van der Waals surface area contributed by atoms with Gasteiger partial charge in [-0.05, 0) is 13.8 Å². The molecule has 0 spiro atoms. The van der Waals surface area contributed by atoms with Crippen molar-refractivity contribution in [3.63, 3.8) is 0 Å². The van der Waals surface area contributed by atoms with Gasteiger partial charge in [-0.1, -0.05) is 0 Å². The smallest absolute Gasteiger partial charge is 0.430 e. The molecule has 0 fully saturated rings. The Labute approximate surface area is 115 Å². The van der Waals surface area contributed by atoms with Crippen molar-refractivity contribution in [2.75, 3.05) is 39.6 Å². The van der Waals surface area contributed by atoms with Crippen molar-refractivity contribution in [1.29, 1.82) is 0 Å². The van der Waals surface area contributed by atoms with Crippen LogP contribution in [0.5, 0.6) is 0 Å². The first-order chi connectivity index (χ1) is 9.70. The van der Waals surface area contributed by atoms with Crippen LogP contribution >= 0.6 is 0 Å². The van der Waals surface area contributed by atoms with E-state index in [1.165, 1.54) is 0 Å². The molecule has 0 aliphatic heterocycles. The summed E-state index contributed by atoms with van der Waals surface area (Å²) in [5.74, 6) is 0. The van der Waals surface area contributed by atoms with Crippen LogP contribution in [0.3, 0.4) is 0 Å². The first-order valence-corrected chi connectivity index (χ1v) is 5.87. The molecule has 0 aromatic carbocycles. The van der Waals surface area contributed by atoms with Gasteiger partial charge in [0.15, 0.2) is 0 Å². The van der Waals surface area contributed by atoms with Gasteiger partial charge in [0.05, 0.1) is 13.2 Å². The summed E-state index contributed by atoms with van der Waals surface area (Å²) in [6.45, 7) is 4.98. The van der Waals surface area contributed by atoms with Gasteiger partial charge in [0.25, 0.3) is 0 Å². The Balaban J connectivity index is 3.32. The lowest BCUT2D eigenvalue weighted by Gasteiger charge is -2.04. The minimum atomic E-state index is -1.18. The molecule has 0 atom stereocenters. The molecule has 0 rings (SSSR count). The van der Waals surface area contributed by atoms with Gasteiger partial charge in [-0.3, -0.25) is 0 Å². The van der Waals surface area contributed by atoms with Crippen LogP contribution in [0, 0.1) is 0 Å². The minimum Gasteiger partial charge on any atom is -0.430 e. The van der Waals surface area contributed by atoms with Crippen molar-refractivity contribution in [1.82, 2.24) is 0 Å². The van der Waals surface area contributed by atoms with Crippen LogP contribution in [0.1, 0.15) is 13.8 Å². The Morgan fingerprint density at radius 3 is 1.45 bits per heavy atom. The van der Waals surface area contributed by atoms with Gasteiger partial charge in [-0.2, -0.15) is 0 Å². The normalized spacial score (nSPS) is 9.90. The predicted molar refractivity (Wildman–Crippen MR) is 60.0 cm³/mol. The largest absolute Gasteiger partial charge is 0.542 e. The first kappa shape index (κ1) is 18.4. The molecule has 0 unspecified atom stereocenters. The van der Waals surface area contributed by atoms with Gasteiger partial charge in [0.1, 0.15) is 13.2 Å². The maximum absolute atomic E-state index is 10.8. The summed E-state index contributed by atoms with van der Waals surface area (Å²) >= 11 is 0. The highest BCUT2D eigenvalue weighted by Crippen LogP contribution is 1.92.